The zero-order chi connectivity index (χ0) is 24.5. The number of hydrogen-bond acceptors (Lipinski definition) is 4. The fraction of sp³-hybridized carbons (Fsp3) is 0.296. The molecule has 7 heteroatoms. The van der Waals surface area contributed by atoms with E-state index >= 15 is 0 Å². The van der Waals surface area contributed by atoms with Gasteiger partial charge in [-0.15, -0.1) is 0 Å². The maximum atomic E-state index is 13.5. The molecule has 7 nitrogen and oxygen atoms in total. The summed E-state index contributed by atoms with van der Waals surface area (Å²) in [5, 5.41) is 15.7. The Kier molecular flexibility index (Phi) is 8.76. The van der Waals surface area contributed by atoms with Gasteiger partial charge in [0.2, 0.25) is 12.3 Å². The van der Waals surface area contributed by atoms with Crippen LogP contribution in [0.25, 0.3) is 10.8 Å². The molecule has 0 bridgehead atoms. The summed E-state index contributed by atoms with van der Waals surface area (Å²) in [6.45, 7) is 2.02. The maximum absolute atomic E-state index is 13.5. The molecule has 0 spiro atoms. The lowest BCUT2D eigenvalue weighted by Gasteiger charge is -2.32. The Labute approximate surface area is 199 Å². The van der Waals surface area contributed by atoms with E-state index in [1.54, 1.807) is 0 Å². The number of hydrogen-bond donors (Lipinski definition) is 2. The summed E-state index contributed by atoms with van der Waals surface area (Å²) in [5.74, 6) is -0.962. The van der Waals surface area contributed by atoms with Crippen molar-refractivity contribution in [3.63, 3.8) is 0 Å². The van der Waals surface area contributed by atoms with Crippen LogP contribution in [-0.4, -0.2) is 59.1 Å². The number of hydroxylamine groups is 2. The summed E-state index contributed by atoms with van der Waals surface area (Å²) in [5.41, 5.74) is 1.75. The number of benzene rings is 3. The van der Waals surface area contributed by atoms with Crippen molar-refractivity contribution in [1.82, 2.24) is 15.3 Å². The van der Waals surface area contributed by atoms with Crippen LogP contribution in [-0.2, 0) is 27.2 Å². The zero-order valence-corrected chi connectivity index (χ0v) is 19.6. The van der Waals surface area contributed by atoms with E-state index in [-0.39, 0.29) is 19.4 Å². The Morgan fingerprint density at radius 2 is 1.59 bits per heavy atom. The van der Waals surface area contributed by atoms with Crippen molar-refractivity contribution in [2.24, 2.45) is 0 Å². The predicted molar refractivity (Wildman–Crippen MR) is 131 cm³/mol. The molecule has 0 aromatic heterocycles. The number of fused-ring (bicyclic) bond motifs is 1. The molecule has 0 aliphatic heterocycles. The number of carbonyl (C=O) groups is 3. The summed E-state index contributed by atoms with van der Waals surface area (Å²) in [4.78, 5) is 39.2. The third-order valence-corrected chi connectivity index (χ3v) is 5.88. The molecular weight excluding hydrogens is 430 g/mol. The van der Waals surface area contributed by atoms with E-state index in [0.29, 0.717) is 17.9 Å². The van der Waals surface area contributed by atoms with Gasteiger partial charge in [-0.1, -0.05) is 79.7 Å². The monoisotopic (exact) mass is 461 g/mol. The SMILES string of the molecule is CCCN(O)C(=O)C(Cc1ccccc1)N(C)C(=O)C(Cc1ccc2ccccc2c1)NC=O. The van der Waals surface area contributed by atoms with Gasteiger partial charge in [-0.3, -0.25) is 19.6 Å². The van der Waals surface area contributed by atoms with E-state index in [1.807, 2.05) is 79.7 Å². The zero-order valence-electron chi connectivity index (χ0n) is 19.6. The molecule has 178 valence electrons. The minimum Gasteiger partial charge on any atom is -0.347 e. The Hall–Kier alpha value is -3.71. The van der Waals surface area contributed by atoms with E-state index in [0.717, 1.165) is 21.9 Å². The summed E-state index contributed by atoms with van der Waals surface area (Å²) in [6.07, 6.45) is 1.60. The van der Waals surface area contributed by atoms with Gasteiger partial charge >= 0.3 is 0 Å². The molecular formula is C27H31N3O4. The lowest BCUT2D eigenvalue weighted by molar-refractivity contribution is -0.173. The van der Waals surface area contributed by atoms with Crippen molar-refractivity contribution < 1.29 is 19.6 Å². The molecule has 0 radical (unpaired) electrons. The Bertz CT molecular complexity index is 1120. The lowest BCUT2D eigenvalue weighted by atomic mass is 9.99. The second kappa shape index (κ2) is 12.0. The van der Waals surface area contributed by atoms with Gasteiger partial charge in [-0.05, 0) is 28.3 Å². The molecule has 0 aliphatic carbocycles. The molecule has 34 heavy (non-hydrogen) atoms. The van der Waals surface area contributed by atoms with Crippen LogP contribution in [0.15, 0.2) is 72.8 Å². The number of nitrogens with one attached hydrogen (secondary N) is 1. The van der Waals surface area contributed by atoms with Crippen LogP contribution >= 0.6 is 0 Å². The Balaban J connectivity index is 1.85. The fourth-order valence-electron chi connectivity index (χ4n) is 4.02. The highest BCUT2D eigenvalue weighted by atomic mass is 16.5. The van der Waals surface area contributed by atoms with Gasteiger partial charge in [0.25, 0.3) is 5.91 Å². The first-order valence-corrected chi connectivity index (χ1v) is 11.4. The molecule has 3 aromatic rings. The predicted octanol–water partition coefficient (Wildman–Crippen LogP) is 3.19. The third-order valence-electron chi connectivity index (χ3n) is 5.88. The lowest BCUT2D eigenvalue weighted by Crippen LogP contribution is -2.55. The second-order valence-corrected chi connectivity index (χ2v) is 8.34. The van der Waals surface area contributed by atoms with Crippen molar-refractivity contribution in [1.29, 1.82) is 0 Å². The minimum absolute atomic E-state index is 0.166. The average molecular weight is 462 g/mol. The first-order valence-electron chi connectivity index (χ1n) is 11.4. The molecule has 0 saturated carbocycles. The van der Waals surface area contributed by atoms with Crippen LogP contribution in [0.4, 0.5) is 0 Å². The van der Waals surface area contributed by atoms with Crippen LogP contribution in [0.3, 0.4) is 0 Å². The highest BCUT2D eigenvalue weighted by Crippen LogP contribution is 2.18. The first-order chi connectivity index (χ1) is 16.4. The van der Waals surface area contributed by atoms with Gasteiger partial charge in [-0.2, -0.15) is 0 Å². The fourth-order valence-corrected chi connectivity index (χ4v) is 4.02. The van der Waals surface area contributed by atoms with E-state index in [1.165, 1.54) is 11.9 Å². The Morgan fingerprint density at radius 3 is 2.26 bits per heavy atom. The van der Waals surface area contributed by atoms with E-state index in [4.69, 9.17) is 0 Å². The molecule has 3 aromatic carbocycles. The molecule has 0 fully saturated rings. The topological polar surface area (TPSA) is 89.9 Å². The molecule has 2 N–H and O–H groups in total. The third kappa shape index (κ3) is 6.20. The summed E-state index contributed by atoms with van der Waals surface area (Å²) < 4.78 is 0. The van der Waals surface area contributed by atoms with Gasteiger partial charge in [0.1, 0.15) is 12.1 Å². The molecule has 3 amide bonds. The van der Waals surface area contributed by atoms with E-state index in [9.17, 15) is 19.6 Å². The van der Waals surface area contributed by atoms with Crippen LogP contribution in [0, 0.1) is 0 Å². The number of rotatable bonds is 11. The average Bonchev–Trinajstić information content (AvgIpc) is 2.86. The van der Waals surface area contributed by atoms with Crippen molar-refractivity contribution in [3.8, 4) is 0 Å². The highest BCUT2D eigenvalue weighted by Gasteiger charge is 2.33. The summed E-state index contributed by atoms with van der Waals surface area (Å²) in [7, 11) is 1.54. The van der Waals surface area contributed by atoms with Crippen molar-refractivity contribution in [2.75, 3.05) is 13.6 Å². The van der Waals surface area contributed by atoms with Gasteiger partial charge in [0, 0.05) is 26.4 Å². The number of likely N-dealkylation sites (N-methyl/N-ethyl adjacent to an activating group) is 1. The quantitative estimate of drug-likeness (QED) is 0.261. The molecule has 3 rings (SSSR count). The molecule has 0 heterocycles. The maximum Gasteiger partial charge on any atom is 0.269 e. The van der Waals surface area contributed by atoms with Gasteiger partial charge in [-0.25, -0.2) is 5.06 Å². The molecule has 0 aliphatic rings. The molecule has 0 saturated heterocycles. The number of amides is 3. The van der Waals surface area contributed by atoms with Crippen molar-refractivity contribution in [2.45, 2.75) is 38.3 Å². The van der Waals surface area contributed by atoms with Gasteiger partial charge in [0.05, 0.1) is 0 Å². The van der Waals surface area contributed by atoms with Gasteiger partial charge < -0.3 is 10.2 Å². The minimum atomic E-state index is -0.918. The molecule has 2 unspecified atom stereocenters. The number of carbonyl (C=O) groups excluding carboxylic acids is 3. The Morgan fingerprint density at radius 1 is 0.912 bits per heavy atom. The second-order valence-electron chi connectivity index (χ2n) is 8.34. The highest BCUT2D eigenvalue weighted by molar-refractivity contribution is 5.90. The van der Waals surface area contributed by atoms with Crippen molar-refractivity contribution in [3.05, 3.63) is 83.9 Å². The van der Waals surface area contributed by atoms with Crippen LogP contribution in [0.5, 0.6) is 0 Å². The van der Waals surface area contributed by atoms with Crippen LogP contribution < -0.4 is 5.32 Å². The largest absolute Gasteiger partial charge is 0.347 e. The van der Waals surface area contributed by atoms with E-state index < -0.39 is 23.9 Å². The number of nitrogens with zero attached hydrogens (tertiary/aromatic N) is 2. The standard InChI is InChI=1S/C27H31N3O4/c1-3-15-30(34)27(33)25(18-20-9-5-4-6-10-20)29(2)26(32)24(28-19-31)17-21-13-14-22-11-7-8-12-23(22)16-21/h4-14,16,19,24-25,34H,3,15,17-18H2,1-2H3,(H,28,31). The van der Waals surface area contributed by atoms with E-state index in [2.05, 4.69) is 5.32 Å². The first kappa shape index (κ1) is 24.9. The van der Waals surface area contributed by atoms with Crippen molar-refractivity contribution >= 4 is 29.0 Å². The molecule has 2 atom stereocenters. The van der Waals surface area contributed by atoms with Crippen LogP contribution in [0.2, 0.25) is 0 Å². The summed E-state index contributed by atoms with van der Waals surface area (Å²) >= 11 is 0. The smallest absolute Gasteiger partial charge is 0.269 e. The normalized spacial score (nSPS) is 12.6. The summed E-state index contributed by atoms with van der Waals surface area (Å²) in [6, 6.07) is 21.4. The van der Waals surface area contributed by atoms with Crippen LogP contribution in [0.1, 0.15) is 24.5 Å². The van der Waals surface area contributed by atoms with Gasteiger partial charge in [0.15, 0.2) is 0 Å².